The van der Waals surface area contributed by atoms with Crippen LogP contribution in [-0.4, -0.2) is 15.0 Å². The molecule has 5 nitrogen and oxygen atoms in total. The fraction of sp³-hybridized carbons (Fsp3) is 0.231. The van der Waals surface area contributed by atoms with E-state index < -0.39 is 10.0 Å². The van der Waals surface area contributed by atoms with Crippen molar-refractivity contribution >= 4 is 27.0 Å². The number of anilines is 1. The maximum absolute atomic E-state index is 12.3. The fourth-order valence-electron chi connectivity index (χ4n) is 1.74. The van der Waals surface area contributed by atoms with Gasteiger partial charge in [-0.25, -0.2) is 8.42 Å². The molecule has 0 fully saturated rings. The third-order valence-corrected chi connectivity index (χ3v) is 5.12. The van der Waals surface area contributed by atoms with E-state index in [2.05, 4.69) is 4.72 Å². The van der Waals surface area contributed by atoms with Crippen molar-refractivity contribution in [2.24, 2.45) is 5.73 Å². The quantitative estimate of drug-likeness (QED) is 0.858. The summed E-state index contributed by atoms with van der Waals surface area (Å²) in [5, 5.41) is 1.72. The smallest absolute Gasteiger partial charge is 0.263 e. The van der Waals surface area contributed by atoms with Crippen LogP contribution in [0, 0.1) is 0 Å². The molecule has 20 heavy (non-hydrogen) atoms. The molecule has 0 saturated carbocycles. The van der Waals surface area contributed by atoms with Crippen LogP contribution < -0.4 is 15.2 Å². The lowest BCUT2D eigenvalue weighted by atomic mass is 10.3. The van der Waals surface area contributed by atoms with Crippen molar-refractivity contribution in [3.8, 4) is 5.75 Å². The van der Waals surface area contributed by atoms with Gasteiger partial charge in [-0.3, -0.25) is 4.72 Å². The first-order chi connectivity index (χ1) is 9.56. The normalized spacial score (nSPS) is 11.3. The van der Waals surface area contributed by atoms with Crippen LogP contribution in [0.1, 0.15) is 11.8 Å². The lowest BCUT2D eigenvalue weighted by molar-refractivity contribution is 0.340. The number of rotatable bonds is 6. The van der Waals surface area contributed by atoms with Crippen LogP contribution in [0.2, 0.25) is 0 Å². The molecule has 0 amide bonds. The summed E-state index contributed by atoms with van der Waals surface area (Å²) in [6, 6.07) is 8.39. The van der Waals surface area contributed by atoms with Gasteiger partial charge in [0.2, 0.25) is 0 Å². The Bertz CT molecular complexity index is 680. The molecule has 2 aromatic rings. The Morgan fingerprint density at radius 1 is 1.35 bits per heavy atom. The number of ether oxygens (including phenoxy) is 1. The highest BCUT2D eigenvalue weighted by Crippen LogP contribution is 2.25. The van der Waals surface area contributed by atoms with Crippen LogP contribution in [0.25, 0.3) is 0 Å². The molecule has 0 radical (unpaired) electrons. The van der Waals surface area contributed by atoms with Gasteiger partial charge in [-0.1, -0.05) is 6.07 Å². The van der Waals surface area contributed by atoms with Crippen molar-refractivity contribution in [1.82, 2.24) is 0 Å². The van der Waals surface area contributed by atoms with E-state index in [0.29, 0.717) is 22.9 Å². The number of thiophene rings is 1. The first-order valence-electron chi connectivity index (χ1n) is 6.09. The lowest BCUT2D eigenvalue weighted by Crippen LogP contribution is -2.14. The van der Waals surface area contributed by atoms with Crippen molar-refractivity contribution in [2.75, 3.05) is 11.3 Å². The average molecular weight is 312 g/mol. The van der Waals surface area contributed by atoms with Gasteiger partial charge in [0.15, 0.2) is 0 Å². The third-order valence-electron chi connectivity index (χ3n) is 2.58. The van der Waals surface area contributed by atoms with Crippen molar-refractivity contribution < 1.29 is 13.2 Å². The molecule has 0 aliphatic rings. The van der Waals surface area contributed by atoms with Gasteiger partial charge in [0, 0.05) is 17.5 Å². The van der Waals surface area contributed by atoms with Crippen LogP contribution in [-0.2, 0) is 16.6 Å². The van der Waals surface area contributed by atoms with E-state index in [0.717, 1.165) is 0 Å². The van der Waals surface area contributed by atoms with Crippen molar-refractivity contribution in [1.29, 1.82) is 0 Å². The van der Waals surface area contributed by atoms with Gasteiger partial charge >= 0.3 is 0 Å². The molecule has 0 aliphatic heterocycles. The molecule has 3 N–H and O–H groups in total. The van der Waals surface area contributed by atoms with Crippen LogP contribution in [0.5, 0.6) is 5.75 Å². The van der Waals surface area contributed by atoms with Gasteiger partial charge in [0.05, 0.1) is 12.3 Å². The van der Waals surface area contributed by atoms with Gasteiger partial charge in [-0.15, -0.1) is 11.3 Å². The highest BCUT2D eigenvalue weighted by molar-refractivity contribution is 7.93. The molecule has 0 unspecified atom stereocenters. The second-order valence-electron chi connectivity index (χ2n) is 3.98. The summed E-state index contributed by atoms with van der Waals surface area (Å²) in [5.74, 6) is 0.622. The van der Waals surface area contributed by atoms with Gasteiger partial charge < -0.3 is 10.5 Å². The minimum absolute atomic E-state index is 0.201. The minimum atomic E-state index is -3.62. The monoisotopic (exact) mass is 312 g/mol. The van der Waals surface area contributed by atoms with Gasteiger partial charge in [0.25, 0.3) is 10.0 Å². The summed E-state index contributed by atoms with van der Waals surface area (Å²) in [5.41, 5.74) is 6.01. The van der Waals surface area contributed by atoms with Crippen molar-refractivity contribution in [3.63, 3.8) is 0 Å². The predicted molar refractivity (Wildman–Crippen MR) is 80.6 cm³/mol. The number of benzene rings is 1. The van der Waals surface area contributed by atoms with E-state index in [4.69, 9.17) is 10.5 Å². The Hall–Kier alpha value is -1.57. The molecule has 0 spiro atoms. The molecular formula is C13H16N2O3S2. The summed E-state index contributed by atoms with van der Waals surface area (Å²) in [4.78, 5) is 0.866. The second-order valence-corrected chi connectivity index (χ2v) is 6.63. The number of sulfonamides is 1. The second kappa shape index (κ2) is 6.25. The SMILES string of the molecule is CCOc1cccc(NS(=O)(=O)c2ccsc2CN)c1. The third kappa shape index (κ3) is 3.30. The molecule has 1 heterocycles. The van der Waals surface area contributed by atoms with Crippen molar-refractivity contribution in [3.05, 3.63) is 40.6 Å². The average Bonchev–Trinajstić information content (AvgIpc) is 2.88. The summed E-state index contributed by atoms with van der Waals surface area (Å²) in [7, 11) is -3.62. The number of hydrogen-bond donors (Lipinski definition) is 2. The van der Waals surface area contributed by atoms with Crippen LogP contribution in [0.4, 0.5) is 5.69 Å². The number of nitrogens with two attached hydrogens (primary N) is 1. The van der Waals surface area contributed by atoms with E-state index in [1.54, 1.807) is 35.7 Å². The number of nitrogens with one attached hydrogen (secondary N) is 1. The molecule has 1 aromatic carbocycles. The van der Waals surface area contributed by atoms with Crippen molar-refractivity contribution in [2.45, 2.75) is 18.4 Å². The fourth-order valence-corrected chi connectivity index (χ4v) is 4.13. The molecule has 108 valence electrons. The van der Waals surface area contributed by atoms with E-state index >= 15 is 0 Å². The Kier molecular flexibility index (Phi) is 4.64. The highest BCUT2D eigenvalue weighted by Gasteiger charge is 2.19. The Morgan fingerprint density at radius 2 is 2.15 bits per heavy atom. The van der Waals surface area contributed by atoms with Gasteiger partial charge in [-0.05, 0) is 30.5 Å². The molecule has 7 heteroatoms. The van der Waals surface area contributed by atoms with Crippen LogP contribution in [0.3, 0.4) is 0 Å². The predicted octanol–water partition coefficient (Wildman–Crippen LogP) is 2.41. The first-order valence-corrected chi connectivity index (χ1v) is 8.45. The van der Waals surface area contributed by atoms with Gasteiger partial charge in [-0.2, -0.15) is 0 Å². The Morgan fingerprint density at radius 3 is 2.85 bits per heavy atom. The largest absolute Gasteiger partial charge is 0.494 e. The van der Waals surface area contributed by atoms with Crippen LogP contribution in [0.15, 0.2) is 40.6 Å². The summed E-state index contributed by atoms with van der Waals surface area (Å²) in [6.07, 6.45) is 0. The zero-order valence-electron chi connectivity index (χ0n) is 11.0. The van der Waals surface area contributed by atoms with E-state index in [1.165, 1.54) is 11.3 Å². The maximum atomic E-state index is 12.3. The number of hydrogen-bond acceptors (Lipinski definition) is 5. The molecule has 2 rings (SSSR count). The Balaban J connectivity index is 2.26. The maximum Gasteiger partial charge on any atom is 0.263 e. The highest BCUT2D eigenvalue weighted by atomic mass is 32.2. The zero-order valence-corrected chi connectivity index (χ0v) is 12.6. The van der Waals surface area contributed by atoms with E-state index in [1.807, 2.05) is 6.92 Å². The Labute approximate surface area is 122 Å². The van der Waals surface area contributed by atoms with Crippen LogP contribution >= 0.6 is 11.3 Å². The standard InChI is InChI=1S/C13H16N2O3S2/c1-2-18-11-5-3-4-10(8-11)15-20(16,17)13-6-7-19-12(13)9-14/h3-8,15H,2,9,14H2,1H3. The topological polar surface area (TPSA) is 81.4 Å². The molecule has 0 saturated heterocycles. The minimum Gasteiger partial charge on any atom is -0.494 e. The van der Waals surface area contributed by atoms with E-state index in [-0.39, 0.29) is 11.4 Å². The summed E-state index contributed by atoms with van der Waals surface area (Å²) >= 11 is 1.33. The molecule has 1 aromatic heterocycles. The molecule has 0 atom stereocenters. The lowest BCUT2D eigenvalue weighted by Gasteiger charge is -2.10. The van der Waals surface area contributed by atoms with E-state index in [9.17, 15) is 8.42 Å². The molecular weight excluding hydrogens is 296 g/mol. The zero-order chi connectivity index (χ0) is 14.6. The molecule has 0 aliphatic carbocycles. The molecule has 0 bridgehead atoms. The summed E-state index contributed by atoms with van der Waals surface area (Å²) < 4.78 is 32.5. The summed E-state index contributed by atoms with van der Waals surface area (Å²) in [6.45, 7) is 2.60. The first kappa shape index (κ1) is 14.8. The van der Waals surface area contributed by atoms with Gasteiger partial charge in [0.1, 0.15) is 10.6 Å².